The fraction of sp³-hybridized carbons (Fsp3) is 0.294. The predicted molar refractivity (Wildman–Crippen MR) is 87.1 cm³/mol. The molecule has 0 amide bonds. The molecule has 0 saturated heterocycles. The van der Waals surface area contributed by atoms with Crippen LogP contribution >= 0.6 is 15.9 Å². The summed E-state index contributed by atoms with van der Waals surface area (Å²) < 4.78 is 6.39. The van der Waals surface area contributed by atoms with Gasteiger partial charge in [-0.1, -0.05) is 40.2 Å². The van der Waals surface area contributed by atoms with Gasteiger partial charge in [0, 0.05) is 16.6 Å². The molecule has 0 heterocycles. The summed E-state index contributed by atoms with van der Waals surface area (Å²) >= 11 is 3.52. The van der Waals surface area contributed by atoms with Crippen LogP contribution in [0.25, 0.3) is 0 Å². The Morgan fingerprint density at radius 3 is 2.15 bits per heavy atom. The van der Waals surface area contributed by atoms with Gasteiger partial charge >= 0.3 is 0 Å². The molecule has 0 aromatic heterocycles. The van der Waals surface area contributed by atoms with Crippen LogP contribution in [-0.2, 0) is 0 Å². The van der Waals surface area contributed by atoms with Crippen molar-refractivity contribution in [3.63, 3.8) is 0 Å². The van der Waals surface area contributed by atoms with Crippen molar-refractivity contribution in [2.75, 3.05) is 7.11 Å². The van der Waals surface area contributed by atoms with E-state index in [1.165, 1.54) is 11.1 Å². The van der Waals surface area contributed by atoms with E-state index in [1.54, 1.807) is 7.11 Å². The van der Waals surface area contributed by atoms with Crippen molar-refractivity contribution in [2.45, 2.75) is 25.9 Å². The summed E-state index contributed by atoms with van der Waals surface area (Å²) in [7, 11) is 1.70. The van der Waals surface area contributed by atoms with Crippen molar-refractivity contribution < 1.29 is 4.74 Å². The maximum atomic E-state index is 5.28. The molecule has 3 heteroatoms. The third-order valence-corrected chi connectivity index (χ3v) is 3.94. The number of methoxy groups -OCH3 is 1. The molecule has 1 N–H and O–H groups in total. The first-order chi connectivity index (χ1) is 9.60. The van der Waals surface area contributed by atoms with Crippen molar-refractivity contribution in [2.24, 2.45) is 0 Å². The number of ether oxygens (including phenoxy) is 1. The molecule has 2 nitrogen and oxygen atoms in total. The minimum absolute atomic E-state index is 0.263. The zero-order valence-electron chi connectivity index (χ0n) is 12.1. The molecule has 0 fully saturated rings. The fourth-order valence-electron chi connectivity index (χ4n) is 2.25. The van der Waals surface area contributed by atoms with Crippen LogP contribution in [0.3, 0.4) is 0 Å². The molecule has 2 aromatic rings. The summed E-state index contributed by atoms with van der Waals surface area (Å²) in [6.07, 6.45) is 0. The van der Waals surface area contributed by atoms with Crippen LogP contribution in [0.1, 0.15) is 37.1 Å². The Kier molecular flexibility index (Phi) is 5.21. The number of nitrogens with one attached hydrogen (secondary N) is 1. The zero-order chi connectivity index (χ0) is 14.5. The van der Waals surface area contributed by atoms with Crippen LogP contribution in [0.5, 0.6) is 5.75 Å². The number of hydrogen-bond donors (Lipinski definition) is 1. The van der Waals surface area contributed by atoms with E-state index < -0.39 is 0 Å². The van der Waals surface area contributed by atoms with Gasteiger partial charge in [0.25, 0.3) is 0 Å². The molecular weight excluding hydrogens is 314 g/mol. The highest BCUT2D eigenvalue weighted by atomic mass is 79.9. The lowest BCUT2D eigenvalue weighted by Gasteiger charge is -2.21. The SMILES string of the molecule is COc1cccc([C@@H](C)NC(C)c2cccc(Br)c2)c1. The van der Waals surface area contributed by atoms with Crippen LogP contribution in [0.2, 0.25) is 0 Å². The lowest BCUT2D eigenvalue weighted by Crippen LogP contribution is -2.22. The molecule has 0 saturated carbocycles. The molecule has 2 rings (SSSR count). The Bertz CT molecular complexity index is 570. The van der Waals surface area contributed by atoms with Crippen molar-refractivity contribution in [1.82, 2.24) is 5.32 Å². The summed E-state index contributed by atoms with van der Waals surface area (Å²) in [5.41, 5.74) is 2.50. The molecule has 2 aromatic carbocycles. The Balaban J connectivity index is 2.08. The van der Waals surface area contributed by atoms with E-state index >= 15 is 0 Å². The maximum absolute atomic E-state index is 5.28. The van der Waals surface area contributed by atoms with Gasteiger partial charge in [-0.3, -0.25) is 0 Å². The summed E-state index contributed by atoms with van der Waals surface area (Å²) in [4.78, 5) is 0. The molecule has 0 aliphatic heterocycles. The molecule has 0 bridgehead atoms. The number of benzene rings is 2. The first kappa shape index (κ1) is 15.1. The first-order valence-corrected chi connectivity index (χ1v) is 7.55. The van der Waals surface area contributed by atoms with Crippen LogP contribution in [-0.4, -0.2) is 7.11 Å². The van der Waals surface area contributed by atoms with E-state index in [9.17, 15) is 0 Å². The summed E-state index contributed by atoms with van der Waals surface area (Å²) in [5.74, 6) is 0.895. The topological polar surface area (TPSA) is 21.3 Å². The van der Waals surface area contributed by atoms with Crippen LogP contribution in [0.15, 0.2) is 53.0 Å². The fourth-order valence-corrected chi connectivity index (χ4v) is 2.67. The van der Waals surface area contributed by atoms with E-state index in [4.69, 9.17) is 4.74 Å². The first-order valence-electron chi connectivity index (χ1n) is 6.75. The van der Waals surface area contributed by atoms with Gasteiger partial charge in [-0.05, 0) is 49.2 Å². The lowest BCUT2D eigenvalue weighted by molar-refractivity contribution is 0.412. The monoisotopic (exact) mass is 333 g/mol. The molecule has 0 radical (unpaired) electrons. The number of rotatable bonds is 5. The van der Waals surface area contributed by atoms with Crippen molar-refractivity contribution >= 4 is 15.9 Å². The molecule has 0 spiro atoms. The summed E-state index contributed by atoms with van der Waals surface area (Å²) in [6, 6.07) is 17.1. The molecule has 0 aliphatic carbocycles. The Labute approximate surface area is 129 Å². The molecule has 20 heavy (non-hydrogen) atoms. The van der Waals surface area contributed by atoms with Gasteiger partial charge in [-0.15, -0.1) is 0 Å². The second-order valence-corrected chi connectivity index (χ2v) is 5.86. The summed E-state index contributed by atoms with van der Waals surface area (Å²) in [6.45, 7) is 4.35. The predicted octanol–water partition coefficient (Wildman–Crippen LogP) is 4.87. The Morgan fingerprint density at radius 1 is 0.950 bits per heavy atom. The van der Waals surface area contributed by atoms with Gasteiger partial charge in [0.05, 0.1) is 7.11 Å². The van der Waals surface area contributed by atoms with Gasteiger partial charge < -0.3 is 10.1 Å². The van der Waals surface area contributed by atoms with Crippen LogP contribution in [0.4, 0.5) is 0 Å². The largest absolute Gasteiger partial charge is 0.497 e. The van der Waals surface area contributed by atoms with E-state index in [0.29, 0.717) is 0 Å². The van der Waals surface area contributed by atoms with Crippen molar-refractivity contribution in [3.05, 3.63) is 64.1 Å². The second-order valence-electron chi connectivity index (χ2n) is 4.94. The van der Waals surface area contributed by atoms with Gasteiger partial charge in [0.1, 0.15) is 5.75 Å². The van der Waals surface area contributed by atoms with Crippen LogP contribution < -0.4 is 10.1 Å². The Hall–Kier alpha value is -1.32. The standard InChI is InChI=1S/C17H20BrNO/c1-12(14-6-4-8-16(18)10-14)19-13(2)15-7-5-9-17(11-15)20-3/h4-13,19H,1-3H3/t12?,13-/m1/s1. The molecule has 106 valence electrons. The average molecular weight is 334 g/mol. The Morgan fingerprint density at radius 2 is 1.55 bits per heavy atom. The third kappa shape index (κ3) is 3.84. The molecular formula is C17H20BrNO. The maximum Gasteiger partial charge on any atom is 0.119 e. The number of halogens is 1. The second kappa shape index (κ2) is 6.91. The highest BCUT2D eigenvalue weighted by molar-refractivity contribution is 9.10. The minimum Gasteiger partial charge on any atom is -0.497 e. The quantitative estimate of drug-likeness (QED) is 0.842. The lowest BCUT2D eigenvalue weighted by atomic mass is 10.0. The summed E-state index contributed by atoms with van der Waals surface area (Å²) in [5, 5.41) is 3.61. The highest BCUT2D eigenvalue weighted by Crippen LogP contribution is 2.23. The van der Waals surface area contributed by atoms with E-state index in [-0.39, 0.29) is 12.1 Å². The van der Waals surface area contributed by atoms with E-state index in [0.717, 1.165) is 10.2 Å². The molecule has 1 unspecified atom stereocenters. The van der Waals surface area contributed by atoms with Crippen molar-refractivity contribution in [1.29, 1.82) is 0 Å². The van der Waals surface area contributed by atoms with Gasteiger partial charge in [0.15, 0.2) is 0 Å². The number of hydrogen-bond acceptors (Lipinski definition) is 2. The smallest absolute Gasteiger partial charge is 0.119 e. The van der Waals surface area contributed by atoms with E-state index in [2.05, 4.69) is 65.4 Å². The normalized spacial score (nSPS) is 13.8. The van der Waals surface area contributed by atoms with Gasteiger partial charge in [-0.2, -0.15) is 0 Å². The highest BCUT2D eigenvalue weighted by Gasteiger charge is 2.11. The zero-order valence-corrected chi connectivity index (χ0v) is 13.6. The van der Waals surface area contributed by atoms with Gasteiger partial charge in [0.2, 0.25) is 0 Å². The van der Waals surface area contributed by atoms with Crippen LogP contribution in [0, 0.1) is 0 Å². The third-order valence-electron chi connectivity index (χ3n) is 3.44. The van der Waals surface area contributed by atoms with Gasteiger partial charge in [-0.25, -0.2) is 0 Å². The van der Waals surface area contributed by atoms with E-state index in [1.807, 2.05) is 18.2 Å². The molecule has 0 aliphatic rings. The van der Waals surface area contributed by atoms with Crippen molar-refractivity contribution in [3.8, 4) is 5.75 Å². The minimum atomic E-state index is 0.263. The molecule has 2 atom stereocenters. The average Bonchev–Trinajstić information content (AvgIpc) is 2.47.